The van der Waals surface area contributed by atoms with Crippen molar-refractivity contribution in [3.63, 3.8) is 0 Å². The molecule has 0 radical (unpaired) electrons. The fourth-order valence-corrected chi connectivity index (χ4v) is 2.86. The SMILES string of the molecule is CC(C)OC(=O)Nc1ccc(B2OC(C)(C)C(C)(C)O2)c(S(=O)[O-])c1. The summed E-state index contributed by atoms with van der Waals surface area (Å²) in [6.45, 7) is 11.0. The lowest BCUT2D eigenvalue weighted by Gasteiger charge is -2.32. The van der Waals surface area contributed by atoms with Crippen LogP contribution in [0.4, 0.5) is 10.5 Å². The lowest BCUT2D eigenvalue weighted by atomic mass is 9.79. The molecule has 1 fully saturated rings. The third-order valence-electron chi connectivity index (χ3n) is 4.29. The molecular formula is C16H23BNO6S-. The van der Waals surface area contributed by atoms with E-state index < -0.39 is 35.5 Å². The molecule has 1 heterocycles. The summed E-state index contributed by atoms with van der Waals surface area (Å²) in [4.78, 5) is 11.7. The highest BCUT2D eigenvalue weighted by Gasteiger charge is 2.52. The minimum absolute atomic E-state index is 0.000784. The summed E-state index contributed by atoms with van der Waals surface area (Å²) in [5.74, 6) is 0. The van der Waals surface area contributed by atoms with Crippen molar-refractivity contribution in [3.8, 4) is 0 Å². The Labute approximate surface area is 150 Å². The molecule has 9 heteroatoms. The van der Waals surface area contributed by atoms with Gasteiger partial charge in [0, 0.05) is 10.6 Å². The van der Waals surface area contributed by atoms with Crippen molar-refractivity contribution >= 4 is 35.4 Å². The third-order valence-corrected chi connectivity index (χ3v) is 5.00. The van der Waals surface area contributed by atoms with E-state index in [9.17, 15) is 13.6 Å². The molecule has 1 unspecified atom stereocenters. The van der Waals surface area contributed by atoms with Crippen molar-refractivity contribution in [2.24, 2.45) is 0 Å². The van der Waals surface area contributed by atoms with Crippen molar-refractivity contribution in [2.45, 2.75) is 63.7 Å². The van der Waals surface area contributed by atoms with Gasteiger partial charge in [-0.2, -0.15) is 0 Å². The van der Waals surface area contributed by atoms with Crippen LogP contribution in [0.15, 0.2) is 23.1 Å². The zero-order valence-corrected chi connectivity index (χ0v) is 16.1. The Bertz CT molecular complexity index is 675. The van der Waals surface area contributed by atoms with Crippen LogP contribution in [0, 0.1) is 0 Å². The second kappa shape index (κ2) is 7.07. The zero-order valence-electron chi connectivity index (χ0n) is 15.2. The second-order valence-corrected chi connectivity index (χ2v) is 8.06. The molecule has 1 amide bonds. The van der Waals surface area contributed by atoms with Gasteiger partial charge in [-0.1, -0.05) is 6.07 Å². The topological polar surface area (TPSA) is 96.9 Å². The van der Waals surface area contributed by atoms with E-state index >= 15 is 0 Å². The normalized spacial score (nSPS) is 19.8. The van der Waals surface area contributed by atoms with Crippen LogP contribution >= 0.6 is 0 Å². The van der Waals surface area contributed by atoms with Gasteiger partial charge in [0.1, 0.15) is 0 Å². The number of ether oxygens (including phenoxy) is 1. The minimum atomic E-state index is -2.52. The van der Waals surface area contributed by atoms with Gasteiger partial charge in [0.2, 0.25) is 0 Å². The lowest BCUT2D eigenvalue weighted by molar-refractivity contribution is 0.00578. The summed E-state index contributed by atoms with van der Waals surface area (Å²) in [5.41, 5.74) is -0.478. The number of nitrogens with one attached hydrogen (secondary N) is 1. The molecule has 2 rings (SSSR count). The molecule has 1 N–H and O–H groups in total. The monoisotopic (exact) mass is 368 g/mol. The smallest absolute Gasteiger partial charge is 0.496 e. The molecule has 0 spiro atoms. The maximum Gasteiger partial charge on any atom is 0.496 e. The Balaban J connectivity index is 2.29. The lowest BCUT2D eigenvalue weighted by Crippen LogP contribution is -2.41. The molecule has 1 atom stereocenters. The van der Waals surface area contributed by atoms with Crippen molar-refractivity contribution in [1.29, 1.82) is 0 Å². The quantitative estimate of drug-likeness (QED) is 0.646. The van der Waals surface area contributed by atoms with E-state index in [1.807, 2.05) is 27.7 Å². The highest BCUT2D eigenvalue weighted by atomic mass is 32.2. The van der Waals surface area contributed by atoms with Gasteiger partial charge in [-0.3, -0.25) is 9.53 Å². The predicted octanol–water partition coefficient (Wildman–Crippen LogP) is 2.18. The van der Waals surface area contributed by atoms with Crippen molar-refractivity contribution in [1.82, 2.24) is 0 Å². The summed E-state index contributed by atoms with van der Waals surface area (Å²) in [7, 11) is -0.811. The van der Waals surface area contributed by atoms with Gasteiger partial charge < -0.3 is 18.6 Å². The van der Waals surface area contributed by atoms with E-state index in [-0.39, 0.29) is 11.0 Å². The molecule has 7 nitrogen and oxygen atoms in total. The first-order chi connectivity index (χ1) is 11.4. The Morgan fingerprint density at radius 3 is 2.28 bits per heavy atom. The van der Waals surface area contributed by atoms with E-state index in [4.69, 9.17) is 14.0 Å². The summed E-state index contributed by atoms with van der Waals surface area (Å²) < 4.78 is 40.1. The number of carbonyl (C=O) groups is 1. The molecule has 1 saturated heterocycles. The van der Waals surface area contributed by atoms with Crippen molar-refractivity contribution in [2.75, 3.05) is 5.32 Å². The average molecular weight is 368 g/mol. The zero-order chi connectivity index (χ0) is 19.0. The van der Waals surface area contributed by atoms with Gasteiger partial charge in [0.25, 0.3) is 0 Å². The van der Waals surface area contributed by atoms with E-state index in [0.717, 1.165) is 0 Å². The average Bonchev–Trinajstić information content (AvgIpc) is 2.66. The van der Waals surface area contributed by atoms with Crippen LogP contribution in [-0.4, -0.2) is 39.3 Å². The Morgan fingerprint density at radius 1 is 1.24 bits per heavy atom. The van der Waals surface area contributed by atoms with Crippen LogP contribution in [0.3, 0.4) is 0 Å². The molecule has 1 aliphatic rings. The summed E-state index contributed by atoms with van der Waals surface area (Å²) in [5, 5.41) is 2.50. The molecule has 138 valence electrons. The molecule has 0 bridgehead atoms. The Morgan fingerprint density at radius 2 is 1.80 bits per heavy atom. The van der Waals surface area contributed by atoms with E-state index in [0.29, 0.717) is 11.2 Å². The van der Waals surface area contributed by atoms with Crippen LogP contribution in [0.1, 0.15) is 41.5 Å². The number of benzene rings is 1. The molecule has 0 saturated carbocycles. The number of rotatable bonds is 4. The summed E-state index contributed by atoms with van der Waals surface area (Å²) in [6, 6.07) is 4.50. The maximum atomic E-state index is 11.7. The number of anilines is 1. The van der Waals surface area contributed by atoms with Crippen LogP contribution in [0.25, 0.3) is 0 Å². The van der Waals surface area contributed by atoms with E-state index in [1.165, 1.54) is 6.07 Å². The largest absolute Gasteiger partial charge is 0.768 e. The van der Waals surface area contributed by atoms with Gasteiger partial charge in [-0.15, -0.1) is 0 Å². The third kappa shape index (κ3) is 4.41. The molecule has 1 aromatic rings. The summed E-state index contributed by atoms with van der Waals surface area (Å²) >= 11 is -2.52. The van der Waals surface area contributed by atoms with Crippen LogP contribution in [0.5, 0.6) is 0 Å². The fraction of sp³-hybridized carbons (Fsp3) is 0.562. The van der Waals surface area contributed by atoms with Gasteiger partial charge in [-0.05, 0) is 70.2 Å². The maximum absolute atomic E-state index is 11.7. The highest BCUT2D eigenvalue weighted by Crippen LogP contribution is 2.37. The van der Waals surface area contributed by atoms with Gasteiger partial charge >= 0.3 is 13.2 Å². The number of carbonyl (C=O) groups excluding carboxylic acids is 1. The van der Waals surface area contributed by atoms with E-state index in [2.05, 4.69) is 5.32 Å². The molecule has 0 aromatic heterocycles. The summed E-state index contributed by atoms with van der Waals surface area (Å²) in [6.07, 6.45) is -0.932. The van der Waals surface area contributed by atoms with Gasteiger partial charge in [-0.25, -0.2) is 4.79 Å². The van der Waals surface area contributed by atoms with Gasteiger partial charge in [0.15, 0.2) is 0 Å². The number of amides is 1. The van der Waals surface area contributed by atoms with Crippen molar-refractivity contribution < 1.29 is 27.6 Å². The van der Waals surface area contributed by atoms with Gasteiger partial charge in [0.05, 0.1) is 17.3 Å². The van der Waals surface area contributed by atoms with Crippen LogP contribution < -0.4 is 10.8 Å². The first kappa shape index (κ1) is 19.9. The molecule has 0 aliphatic carbocycles. The number of hydrogen-bond donors (Lipinski definition) is 1. The highest BCUT2D eigenvalue weighted by molar-refractivity contribution is 7.79. The fourth-order valence-electron chi connectivity index (χ4n) is 2.28. The first-order valence-electron chi connectivity index (χ1n) is 7.99. The van der Waals surface area contributed by atoms with Crippen LogP contribution in [0.2, 0.25) is 0 Å². The number of hydrogen-bond acceptors (Lipinski definition) is 6. The molecule has 1 aromatic carbocycles. The molecular weight excluding hydrogens is 345 g/mol. The molecule has 1 aliphatic heterocycles. The first-order valence-corrected chi connectivity index (χ1v) is 9.07. The standard InChI is InChI=1S/C16H24BNO6S/c1-10(2)22-14(19)18-11-7-8-12(13(9-11)25(20)21)17-23-15(3,4)16(5,6)24-17/h7-10H,1-6H3,(H,18,19)(H,20,21)/p-1. The van der Waals surface area contributed by atoms with E-state index in [1.54, 1.807) is 26.0 Å². The predicted molar refractivity (Wildman–Crippen MR) is 94.6 cm³/mol. The molecule has 25 heavy (non-hydrogen) atoms. The van der Waals surface area contributed by atoms with Crippen molar-refractivity contribution in [3.05, 3.63) is 18.2 Å². The second-order valence-electron chi connectivity index (χ2n) is 7.15. The Hall–Kier alpha value is -1.42. The minimum Gasteiger partial charge on any atom is -0.768 e. The Kier molecular flexibility index (Phi) is 5.63. The van der Waals surface area contributed by atoms with Crippen LogP contribution in [-0.2, 0) is 25.1 Å².